The Morgan fingerprint density at radius 2 is 2.11 bits per heavy atom. The van der Waals surface area contributed by atoms with Crippen LogP contribution in [-0.4, -0.2) is 22.3 Å². The lowest BCUT2D eigenvalue weighted by molar-refractivity contribution is -0.137. The lowest BCUT2D eigenvalue weighted by atomic mass is 9.88. The smallest absolute Gasteiger partial charge is 0.303 e. The number of aliphatic hydroxyl groups is 1. The highest BCUT2D eigenvalue weighted by atomic mass is 16.4. The third-order valence-corrected chi connectivity index (χ3v) is 6.13. The monoisotopic (exact) mass is 368 g/mol. The molecule has 0 aliphatic heterocycles. The molecule has 1 fully saturated rings. The van der Waals surface area contributed by atoms with E-state index in [-0.39, 0.29) is 18.4 Å². The molecule has 0 aromatic heterocycles. The number of benzene rings is 1. The van der Waals surface area contributed by atoms with Gasteiger partial charge in [0.2, 0.25) is 0 Å². The van der Waals surface area contributed by atoms with Crippen LogP contribution in [0.15, 0.2) is 48.1 Å². The SMILES string of the molecule is Cc1cccc(CC/C=C/[C@H]2[C@H](O)CC3C=C(CCCCC(=O)O)C[C@@H]32)c1. The van der Waals surface area contributed by atoms with Crippen LogP contribution in [0.25, 0.3) is 0 Å². The highest BCUT2D eigenvalue weighted by Crippen LogP contribution is 2.48. The number of allylic oxidation sites excluding steroid dienone is 3. The predicted molar refractivity (Wildman–Crippen MR) is 109 cm³/mol. The van der Waals surface area contributed by atoms with E-state index in [0.29, 0.717) is 11.8 Å². The van der Waals surface area contributed by atoms with E-state index in [4.69, 9.17) is 5.11 Å². The van der Waals surface area contributed by atoms with Crippen molar-refractivity contribution in [3.8, 4) is 0 Å². The molecule has 2 aliphatic carbocycles. The van der Waals surface area contributed by atoms with Crippen LogP contribution in [-0.2, 0) is 11.2 Å². The maximum atomic E-state index is 10.6. The third-order valence-electron chi connectivity index (χ3n) is 6.13. The minimum Gasteiger partial charge on any atom is -0.481 e. The molecule has 2 N–H and O–H groups in total. The fourth-order valence-corrected chi connectivity index (χ4v) is 4.79. The maximum Gasteiger partial charge on any atom is 0.303 e. The predicted octanol–water partition coefficient (Wildman–Crippen LogP) is 5.07. The highest BCUT2D eigenvalue weighted by molar-refractivity contribution is 5.66. The first-order chi connectivity index (χ1) is 13.0. The molecule has 3 heteroatoms. The largest absolute Gasteiger partial charge is 0.481 e. The fraction of sp³-hybridized carbons (Fsp3) is 0.542. The van der Waals surface area contributed by atoms with E-state index in [9.17, 15) is 9.90 Å². The van der Waals surface area contributed by atoms with Crippen LogP contribution in [0.2, 0.25) is 0 Å². The number of aryl methyl sites for hydroxylation is 2. The number of aliphatic hydroxyl groups excluding tert-OH is 1. The second kappa shape index (κ2) is 9.36. The number of hydrogen-bond acceptors (Lipinski definition) is 2. The van der Waals surface area contributed by atoms with Crippen molar-refractivity contribution in [2.24, 2.45) is 17.8 Å². The van der Waals surface area contributed by atoms with Crippen molar-refractivity contribution in [3.63, 3.8) is 0 Å². The Morgan fingerprint density at radius 3 is 2.89 bits per heavy atom. The van der Waals surface area contributed by atoms with Gasteiger partial charge in [-0.3, -0.25) is 4.79 Å². The van der Waals surface area contributed by atoms with Crippen molar-refractivity contribution >= 4 is 5.97 Å². The van der Waals surface area contributed by atoms with Gasteiger partial charge in [0.05, 0.1) is 6.10 Å². The molecule has 0 radical (unpaired) electrons. The summed E-state index contributed by atoms with van der Waals surface area (Å²) in [5, 5.41) is 19.2. The summed E-state index contributed by atoms with van der Waals surface area (Å²) in [6.45, 7) is 2.13. The molecule has 0 bridgehead atoms. The standard InChI is InChI=1S/C24H32O3/c1-17-7-6-10-18(13-17)8-2-4-11-21-22-15-19(9-3-5-12-24(26)27)14-20(22)16-23(21)25/h4,6-7,10-11,13-14,20-23,25H,2-3,5,8-9,12,15-16H2,1H3,(H,26,27)/b11-4+/t20?,21-,22+,23-/m1/s1. The van der Waals surface area contributed by atoms with E-state index in [1.165, 1.54) is 16.7 Å². The van der Waals surface area contributed by atoms with E-state index in [0.717, 1.165) is 44.9 Å². The Labute approximate surface area is 162 Å². The van der Waals surface area contributed by atoms with Gasteiger partial charge >= 0.3 is 5.97 Å². The van der Waals surface area contributed by atoms with Gasteiger partial charge in [0, 0.05) is 12.3 Å². The van der Waals surface area contributed by atoms with Crippen LogP contribution < -0.4 is 0 Å². The van der Waals surface area contributed by atoms with Gasteiger partial charge in [0.15, 0.2) is 0 Å². The van der Waals surface area contributed by atoms with E-state index in [1.54, 1.807) is 0 Å². The van der Waals surface area contributed by atoms with Crippen molar-refractivity contribution < 1.29 is 15.0 Å². The summed E-state index contributed by atoms with van der Waals surface area (Å²) in [7, 11) is 0. The van der Waals surface area contributed by atoms with Crippen LogP contribution in [0.1, 0.15) is 56.1 Å². The molecule has 1 aromatic carbocycles. The number of fused-ring (bicyclic) bond motifs is 1. The van der Waals surface area contributed by atoms with Gasteiger partial charge in [0.1, 0.15) is 0 Å². The van der Waals surface area contributed by atoms with Crippen molar-refractivity contribution in [2.45, 2.75) is 64.4 Å². The van der Waals surface area contributed by atoms with Gasteiger partial charge in [-0.25, -0.2) is 0 Å². The van der Waals surface area contributed by atoms with Crippen molar-refractivity contribution in [3.05, 3.63) is 59.2 Å². The Morgan fingerprint density at radius 1 is 1.26 bits per heavy atom. The molecule has 146 valence electrons. The zero-order chi connectivity index (χ0) is 19.2. The van der Waals surface area contributed by atoms with Crippen LogP contribution >= 0.6 is 0 Å². The average molecular weight is 369 g/mol. The number of hydrogen-bond donors (Lipinski definition) is 2. The van der Waals surface area contributed by atoms with Crippen molar-refractivity contribution in [2.75, 3.05) is 0 Å². The molecule has 27 heavy (non-hydrogen) atoms. The summed E-state index contributed by atoms with van der Waals surface area (Å²) in [5.74, 6) is 0.595. The van der Waals surface area contributed by atoms with Crippen LogP contribution in [0.5, 0.6) is 0 Å². The molecular weight excluding hydrogens is 336 g/mol. The second-order valence-corrected chi connectivity index (χ2v) is 8.29. The topological polar surface area (TPSA) is 57.5 Å². The minimum atomic E-state index is -0.703. The molecule has 3 nitrogen and oxygen atoms in total. The first kappa shape index (κ1) is 19.9. The summed E-state index contributed by atoms with van der Waals surface area (Å²) in [4.78, 5) is 10.6. The molecule has 0 heterocycles. The maximum absolute atomic E-state index is 10.6. The third kappa shape index (κ3) is 5.55. The molecule has 1 saturated carbocycles. The van der Waals surface area contributed by atoms with E-state index < -0.39 is 5.97 Å². The zero-order valence-corrected chi connectivity index (χ0v) is 16.3. The van der Waals surface area contributed by atoms with Gasteiger partial charge in [-0.2, -0.15) is 0 Å². The number of carboxylic acid groups (broad SMARTS) is 1. The van der Waals surface area contributed by atoms with E-state index >= 15 is 0 Å². The molecule has 3 rings (SSSR count). The number of rotatable bonds is 9. The minimum absolute atomic E-state index is 0.222. The summed E-state index contributed by atoms with van der Waals surface area (Å²) < 4.78 is 0. The van der Waals surface area contributed by atoms with Gasteiger partial charge in [-0.05, 0) is 69.3 Å². The zero-order valence-electron chi connectivity index (χ0n) is 16.3. The number of carbonyl (C=O) groups is 1. The summed E-state index contributed by atoms with van der Waals surface area (Å²) >= 11 is 0. The van der Waals surface area contributed by atoms with Crippen molar-refractivity contribution in [1.82, 2.24) is 0 Å². The van der Waals surface area contributed by atoms with E-state index in [2.05, 4.69) is 49.4 Å². The summed E-state index contributed by atoms with van der Waals surface area (Å²) in [6, 6.07) is 8.66. The first-order valence-electron chi connectivity index (χ1n) is 10.3. The van der Waals surface area contributed by atoms with Gasteiger partial charge < -0.3 is 10.2 Å². The van der Waals surface area contributed by atoms with Crippen LogP contribution in [0, 0.1) is 24.7 Å². The molecule has 0 amide bonds. The van der Waals surface area contributed by atoms with Crippen LogP contribution in [0.3, 0.4) is 0 Å². The second-order valence-electron chi connectivity index (χ2n) is 8.29. The highest BCUT2D eigenvalue weighted by Gasteiger charge is 2.42. The number of unbranched alkanes of at least 4 members (excludes halogenated alkanes) is 1. The van der Waals surface area contributed by atoms with Gasteiger partial charge in [-0.15, -0.1) is 0 Å². The molecule has 4 atom stereocenters. The van der Waals surface area contributed by atoms with E-state index in [1.807, 2.05) is 0 Å². The first-order valence-corrected chi connectivity index (χ1v) is 10.3. The molecule has 0 saturated heterocycles. The molecular formula is C24H32O3. The molecule has 1 unspecified atom stereocenters. The van der Waals surface area contributed by atoms with Crippen molar-refractivity contribution in [1.29, 1.82) is 0 Å². The fourth-order valence-electron chi connectivity index (χ4n) is 4.79. The van der Waals surface area contributed by atoms with Gasteiger partial charge in [0.25, 0.3) is 0 Å². The lowest BCUT2D eigenvalue weighted by Gasteiger charge is -2.18. The Kier molecular flexibility index (Phi) is 6.89. The quantitative estimate of drug-likeness (QED) is 0.472. The molecule has 1 aromatic rings. The Balaban J connectivity index is 1.46. The summed E-state index contributed by atoms with van der Waals surface area (Å²) in [6.07, 6.45) is 13.7. The lowest BCUT2D eigenvalue weighted by Crippen LogP contribution is -2.17. The molecule has 0 spiro atoms. The normalized spacial score (nSPS) is 27.1. The molecule has 2 aliphatic rings. The Hall–Kier alpha value is -1.87. The van der Waals surface area contributed by atoms with Crippen LogP contribution in [0.4, 0.5) is 0 Å². The Bertz CT molecular complexity index is 703. The summed E-state index contributed by atoms with van der Waals surface area (Å²) in [5.41, 5.74) is 4.15. The number of carboxylic acids is 1. The number of aliphatic carboxylic acids is 1. The van der Waals surface area contributed by atoms with Gasteiger partial charge in [-0.1, -0.05) is 53.6 Å². The average Bonchev–Trinajstić information content (AvgIpc) is 3.13.